The molecular weight excluding hydrogens is 430 g/mol. The number of hydrogen-bond acceptors (Lipinski definition) is 6. The Hall–Kier alpha value is -2.76. The zero-order valence-electron chi connectivity index (χ0n) is 12.9. The third kappa shape index (κ3) is 4.07. The molecule has 0 aliphatic carbocycles. The minimum atomic E-state index is -4.46. The third-order valence-corrected chi connectivity index (χ3v) is 5.25. The number of anilines is 1. The highest BCUT2D eigenvalue weighted by molar-refractivity contribution is 9.10. The lowest BCUT2D eigenvalue weighted by molar-refractivity contribution is -0.140. The number of carbonyl (C=O) groups excluding carboxylic acids is 2. The molecule has 0 spiro atoms. The number of nitrogens with two attached hydrogens (primary N) is 1. The van der Waals surface area contributed by atoms with Gasteiger partial charge in [-0.15, -0.1) is 0 Å². The van der Waals surface area contributed by atoms with E-state index in [-0.39, 0.29) is 20.6 Å². The summed E-state index contributed by atoms with van der Waals surface area (Å²) in [5.41, 5.74) is -0.444. The number of amides is 2. The van der Waals surface area contributed by atoms with Gasteiger partial charge in [0.15, 0.2) is 0 Å². The summed E-state index contributed by atoms with van der Waals surface area (Å²) in [6.45, 7) is 0. The first-order chi connectivity index (χ1) is 12.1. The number of hydrogen-bond donors (Lipinski definition) is 3. The van der Waals surface area contributed by atoms with Crippen LogP contribution in [0.25, 0.3) is 0 Å². The highest BCUT2D eigenvalue weighted by atomic mass is 79.9. The summed E-state index contributed by atoms with van der Waals surface area (Å²) in [5, 5.41) is 11.1. The lowest BCUT2D eigenvalue weighted by Gasteiger charge is -2.16. The van der Waals surface area contributed by atoms with E-state index in [2.05, 4.69) is 15.9 Å². The van der Waals surface area contributed by atoms with Crippen molar-refractivity contribution in [3.8, 4) is 0 Å². The normalized spacial score (nSPS) is 10.8. The van der Waals surface area contributed by atoms with Gasteiger partial charge in [0, 0.05) is 4.47 Å². The van der Waals surface area contributed by atoms with E-state index < -0.39 is 27.8 Å². The molecule has 0 radical (unpaired) electrons. The van der Waals surface area contributed by atoms with E-state index in [1.165, 1.54) is 48.5 Å². The molecule has 0 fully saturated rings. The predicted molar refractivity (Wildman–Crippen MR) is 94.4 cm³/mol. The molecule has 2 aromatic carbocycles. The third-order valence-electron chi connectivity index (χ3n) is 3.17. The summed E-state index contributed by atoms with van der Waals surface area (Å²) in [6.07, 6.45) is 0. The monoisotopic (exact) mass is 441 g/mol. The molecule has 2 rings (SSSR count). The van der Waals surface area contributed by atoms with Crippen molar-refractivity contribution in [2.45, 2.75) is 4.90 Å². The van der Waals surface area contributed by atoms with E-state index in [1.807, 2.05) is 5.32 Å². The number of rotatable bonds is 4. The first-order valence-electron chi connectivity index (χ1n) is 6.88. The molecule has 4 N–H and O–H groups in total. The minimum absolute atomic E-state index is 0.173. The van der Waals surface area contributed by atoms with E-state index in [1.54, 1.807) is 0 Å². The zero-order valence-corrected chi connectivity index (χ0v) is 15.3. The van der Waals surface area contributed by atoms with E-state index in [9.17, 15) is 22.8 Å². The lowest BCUT2D eigenvalue weighted by atomic mass is 10.2. The van der Waals surface area contributed by atoms with E-state index >= 15 is 0 Å². The van der Waals surface area contributed by atoms with Crippen molar-refractivity contribution < 1.29 is 27.9 Å². The number of halogens is 1. The largest absolute Gasteiger partial charge is 0.478 e. The van der Waals surface area contributed by atoms with E-state index in [0.29, 0.717) is 4.47 Å². The quantitative estimate of drug-likeness (QED) is 0.279. The van der Waals surface area contributed by atoms with Crippen LogP contribution in [0.1, 0.15) is 10.4 Å². The SMILES string of the molecule is NN(C(=O)C(=O)Nc1ccccc1C(=O)O)S(=O)(=O)c1ccc(Br)cc1. The van der Waals surface area contributed by atoms with Crippen LogP contribution in [0.15, 0.2) is 57.9 Å². The van der Waals surface area contributed by atoms with Crippen molar-refractivity contribution in [3.63, 3.8) is 0 Å². The highest BCUT2D eigenvalue weighted by Crippen LogP contribution is 2.18. The molecule has 0 saturated heterocycles. The number of sulfonamides is 1. The topological polar surface area (TPSA) is 147 Å². The maximum absolute atomic E-state index is 12.3. The van der Waals surface area contributed by atoms with Gasteiger partial charge < -0.3 is 10.4 Å². The Morgan fingerprint density at radius 3 is 2.19 bits per heavy atom. The molecule has 0 aliphatic rings. The smallest absolute Gasteiger partial charge is 0.340 e. The Balaban J connectivity index is 2.24. The van der Waals surface area contributed by atoms with Crippen LogP contribution in [0.4, 0.5) is 5.69 Å². The fourth-order valence-corrected chi connectivity index (χ4v) is 3.16. The molecule has 0 atom stereocenters. The summed E-state index contributed by atoms with van der Waals surface area (Å²) in [5.74, 6) is 1.01. The van der Waals surface area contributed by atoms with Crippen LogP contribution >= 0.6 is 15.9 Å². The first kappa shape index (κ1) is 19.6. The maximum atomic E-state index is 12.3. The molecule has 2 amide bonds. The van der Waals surface area contributed by atoms with Crippen molar-refractivity contribution in [1.29, 1.82) is 0 Å². The Labute approximate surface area is 156 Å². The molecule has 9 nitrogen and oxygen atoms in total. The Kier molecular flexibility index (Phi) is 5.75. The molecule has 0 saturated carbocycles. The second-order valence-corrected chi connectivity index (χ2v) is 7.60. The highest BCUT2D eigenvalue weighted by Gasteiger charge is 2.31. The standard InChI is InChI=1S/C15H12BrN3O6S/c16-9-5-7-10(8-6-9)26(24,25)19(17)14(21)13(20)18-12-4-2-1-3-11(12)15(22)23/h1-8H,17H2,(H,18,20)(H,22,23). The molecule has 0 unspecified atom stereocenters. The molecule has 26 heavy (non-hydrogen) atoms. The van der Waals surface area contributed by atoms with Crippen LogP contribution in [0.5, 0.6) is 0 Å². The second-order valence-electron chi connectivity index (χ2n) is 4.86. The van der Waals surface area contributed by atoms with Gasteiger partial charge in [-0.3, -0.25) is 9.59 Å². The molecule has 0 aliphatic heterocycles. The van der Waals surface area contributed by atoms with E-state index in [0.717, 1.165) is 0 Å². The van der Waals surface area contributed by atoms with Gasteiger partial charge in [-0.2, -0.15) is 12.8 Å². The van der Waals surface area contributed by atoms with Gasteiger partial charge in [0.2, 0.25) is 0 Å². The molecule has 0 heterocycles. The number of nitrogens with one attached hydrogen (secondary N) is 1. The molecule has 11 heteroatoms. The number of carboxylic acid groups (broad SMARTS) is 1. The number of benzene rings is 2. The Bertz CT molecular complexity index is 975. The molecule has 0 aromatic heterocycles. The van der Waals surface area contributed by atoms with Crippen molar-refractivity contribution >= 4 is 49.4 Å². The van der Waals surface area contributed by atoms with Crippen molar-refractivity contribution in [1.82, 2.24) is 4.41 Å². The molecule has 2 aromatic rings. The summed E-state index contributed by atoms with van der Waals surface area (Å²) in [6, 6.07) is 10.6. The van der Waals surface area contributed by atoms with Crippen molar-refractivity contribution in [2.75, 3.05) is 5.32 Å². The number of nitrogens with zero attached hydrogens (tertiary/aromatic N) is 1. The molecular formula is C15H12BrN3O6S. The van der Waals surface area contributed by atoms with Crippen LogP contribution in [0, 0.1) is 0 Å². The predicted octanol–water partition coefficient (Wildman–Crippen LogP) is 1.18. The second kappa shape index (κ2) is 7.64. The fourth-order valence-electron chi connectivity index (χ4n) is 1.88. The van der Waals surface area contributed by atoms with Gasteiger partial charge in [-0.05, 0) is 36.4 Å². The average Bonchev–Trinajstić information content (AvgIpc) is 2.61. The van der Waals surface area contributed by atoms with Crippen LogP contribution in [-0.2, 0) is 19.6 Å². The summed E-state index contributed by atoms with van der Waals surface area (Å²) in [7, 11) is -4.46. The molecule has 0 bridgehead atoms. The summed E-state index contributed by atoms with van der Waals surface area (Å²) >= 11 is 3.14. The zero-order chi connectivity index (χ0) is 19.5. The number of carboxylic acids is 1. The van der Waals surface area contributed by atoms with Gasteiger partial charge in [-0.25, -0.2) is 10.6 Å². The summed E-state index contributed by atoms with van der Waals surface area (Å²) < 4.78 is 25.0. The van der Waals surface area contributed by atoms with Gasteiger partial charge in [-0.1, -0.05) is 28.1 Å². The van der Waals surface area contributed by atoms with Crippen LogP contribution in [-0.4, -0.2) is 35.7 Å². The number of para-hydroxylation sites is 1. The van der Waals surface area contributed by atoms with E-state index in [4.69, 9.17) is 10.9 Å². The number of carbonyl (C=O) groups is 3. The fraction of sp³-hybridized carbons (Fsp3) is 0. The van der Waals surface area contributed by atoms with Crippen molar-refractivity contribution in [2.24, 2.45) is 5.84 Å². The maximum Gasteiger partial charge on any atom is 0.340 e. The molecule has 136 valence electrons. The summed E-state index contributed by atoms with van der Waals surface area (Å²) in [4.78, 5) is 34.9. The van der Waals surface area contributed by atoms with Gasteiger partial charge >= 0.3 is 17.8 Å². The average molecular weight is 442 g/mol. The van der Waals surface area contributed by atoms with Gasteiger partial charge in [0.1, 0.15) is 0 Å². The number of aromatic carboxylic acids is 1. The van der Waals surface area contributed by atoms with Crippen LogP contribution in [0.2, 0.25) is 0 Å². The first-order valence-corrected chi connectivity index (χ1v) is 9.11. The van der Waals surface area contributed by atoms with Gasteiger partial charge in [0.05, 0.1) is 16.1 Å². The van der Waals surface area contributed by atoms with Crippen LogP contribution in [0.3, 0.4) is 0 Å². The lowest BCUT2D eigenvalue weighted by Crippen LogP contribution is -2.47. The Morgan fingerprint density at radius 2 is 1.62 bits per heavy atom. The number of hydrazine groups is 1. The van der Waals surface area contributed by atoms with Gasteiger partial charge in [0.25, 0.3) is 10.0 Å². The minimum Gasteiger partial charge on any atom is -0.478 e. The van der Waals surface area contributed by atoms with Crippen LogP contribution < -0.4 is 11.2 Å². The van der Waals surface area contributed by atoms with Crippen molar-refractivity contribution in [3.05, 3.63) is 58.6 Å². The Morgan fingerprint density at radius 1 is 1.04 bits per heavy atom.